The predicted octanol–water partition coefficient (Wildman–Crippen LogP) is 0.639. The third-order valence-corrected chi connectivity index (χ3v) is 3.50. The maximum absolute atomic E-state index is 13.1. The lowest BCUT2D eigenvalue weighted by Gasteiger charge is -2.13. The third-order valence-electron chi connectivity index (χ3n) is 3.50. The van der Waals surface area contributed by atoms with E-state index in [9.17, 15) is 9.18 Å². The molecule has 1 saturated heterocycles. The van der Waals surface area contributed by atoms with Crippen LogP contribution in [-0.4, -0.2) is 44.9 Å². The number of nitrogens with zero attached hydrogens (tertiary/aromatic N) is 4. The molecule has 2 heterocycles. The molecule has 110 valence electrons. The molecule has 0 aliphatic carbocycles. The molecule has 2 N–H and O–H groups in total. The molecule has 0 radical (unpaired) electrons. The van der Waals surface area contributed by atoms with Crippen molar-refractivity contribution < 1.29 is 9.18 Å². The van der Waals surface area contributed by atoms with Crippen molar-refractivity contribution in [3.8, 4) is 0 Å². The van der Waals surface area contributed by atoms with Crippen molar-refractivity contribution in [1.82, 2.24) is 19.9 Å². The normalized spacial score (nSPS) is 18.2. The summed E-state index contributed by atoms with van der Waals surface area (Å²) in [4.78, 5) is 13.9. The number of hydrogen-bond donors (Lipinski definition) is 1. The minimum Gasteiger partial charge on any atom is -0.336 e. The van der Waals surface area contributed by atoms with Gasteiger partial charge >= 0.3 is 0 Å². The number of hydrogen-bond acceptors (Lipinski definition) is 4. The summed E-state index contributed by atoms with van der Waals surface area (Å²) in [5.74, 6) is -0.455. The fourth-order valence-corrected chi connectivity index (χ4v) is 2.43. The molecule has 0 bridgehead atoms. The zero-order chi connectivity index (χ0) is 14.8. The van der Waals surface area contributed by atoms with Crippen LogP contribution in [0.2, 0.25) is 0 Å². The molecular weight excluding hydrogens is 273 g/mol. The molecule has 1 aromatic carbocycles. The van der Waals surface area contributed by atoms with Crippen molar-refractivity contribution >= 4 is 5.91 Å². The molecule has 1 aromatic heterocycles. The smallest absolute Gasteiger partial charge is 0.276 e. The number of nitrogens with two attached hydrogens (primary N) is 1. The Hall–Kier alpha value is -2.28. The Balaban J connectivity index is 1.70. The van der Waals surface area contributed by atoms with Gasteiger partial charge in [0.2, 0.25) is 0 Å². The molecule has 7 heteroatoms. The largest absolute Gasteiger partial charge is 0.336 e. The minimum absolute atomic E-state index is 0.0382. The van der Waals surface area contributed by atoms with Gasteiger partial charge in [0, 0.05) is 19.1 Å². The zero-order valence-electron chi connectivity index (χ0n) is 11.4. The van der Waals surface area contributed by atoms with E-state index in [2.05, 4.69) is 10.3 Å². The summed E-state index contributed by atoms with van der Waals surface area (Å²) in [7, 11) is 0. The zero-order valence-corrected chi connectivity index (χ0v) is 11.4. The first-order chi connectivity index (χ1) is 10.1. The number of halogens is 1. The molecule has 21 heavy (non-hydrogen) atoms. The van der Waals surface area contributed by atoms with Crippen LogP contribution in [0.3, 0.4) is 0 Å². The van der Waals surface area contributed by atoms with Gasteiger partial charge < -0.3 is 10.6 Å². The van der Waals surface area contributed by atoms with Crippen LogP contribution in [0.1, 0.15) is 22.5 Å². The Morgan fingerprint density at radius 1 is 1.48 bits per heavy atom. The lowest BCUT2D eigenvalue weighted by Crippen LogP contribution is -2.32. The second-order valence-corrected chi connectivity index (χ2v) is 5.23. The molecule has 1 atom stereocenters. The van der Waals surface area contributed by atoms with E-state index in [0.29, 0.717) is 25.3 Å². The Labute approximate surface area is 121 Å². The van der Waals surface area contributed by atoms with Crippen LogP contribution in [0.5, 0.6) is 0 Å². The van der Waals surface area contributed by atoms with Crippen LogP contribution < -0.4 is 5.73 Å². The molecule has 6 nitrogen and oxygen atoms in total. The van der Waals surface area contributed by atoms with E-state index in [4.69, 9.17) is 5.73 Å². The van der Waals surface area contributed by atoms with Gasteiger partial charge in [-0.15, -0.1) is 5.10 Å². The molecule has 2 aromatic rings. The highest BCUT2D eigenvalue weighted by molar-refractivity contribution is 5.92. The van der Waals surface area contributed by atoms with Crippen molar-refractivity contribution in [2.75, 3.05) is 13.1 Å². The third kappa shape index (κ3) is 3.08. The van der Waals surface area contributed by atoms with E-state index in [1.54, 1.807) is 23.2 Å². The Kier molecular flexibility index (Phi) is 3.66. The van der Waals surface area contributed by atoms with Gasteiger partial charge in [0.15, 0.2) is 5.69 Å². The van der Waals surface area contributed by atoms with Crippen LogP contribution in [0.4, 0.5) is 4.39 Å². The second kappa shape index (κ2) is 5.61. The number of carbonyl (C=O) groups is 1. The van der Waals surface area contributed by atoms with Gasteiger partial charge in [-0.1, -0.05) is 17.3 Å². The van der Waals surface area contributed by atoms with E-state index in [-0.39, 0.29) is 17.8 Å². The molecule has 3 rings (SSSR count). The van der Waals surface area contributed by atoms with Crippen molar-refractivity contribution in [1.29, 1.82) is 0 Å². The molecule has 0 spiro atoms. The minimum atomic E-state index is -0.296. The molecule has 1 aliphatic rings. The number of carbonyl (C=O) groups excluding carboxylic acids is 1. The summed E-state index contributed by atoms with van der Waals surface area (Å²) < 4.78 is 14.7. The average Bonchev–Trinajstić information content (AvgIpc) is 3.07. The van der Waals surface area contributed by atoms with E-state index in [1.165, 1.54) is 16.8 Å². The highest BCUT2D eigenvalue weighted by atomic mass is 19.1. The highest BCUT2D eigenvalue weighted by Gasteiger charge is 2.26. The number of aromatic nitrogens is 3. The molecular formula is C14H16FN5O. The maximum Gasteiger partial charge on any atom is 0.276 e. The topological polar surface area (TPSA) is 77.0 Å². The van der Waals surface area contributed by atoms with Gasteiger partial charge in [-0.2, -0.15) is 0 Å². The Bertz CT molecular complexity index is 656. The molecule has 1 amide bonds. The first kappa shape index (κ1) is 13.7. The summed E-state index contributed by atoms with van der Waals surface area (Å²) in [5, 5.41) is 7.81. The van der Waals surface area contributed by atoms with Crippen LogP contribution in [0.25, 0.3) is 0 Å². The van der Waals surface area contributed by atoms with E-state index in [1.807, 2.05) is 0 Å². The van der Waals surface area contributed by atoms with Crippen LogP contribution in [0.15, 0.2) is 30.5 Å². The number of rotatable bonds is 3. The van der Waals surface area contributed by atoms with Gasteiger partial charge in [0.1, 0.15) is 5.82 Å². The van der Waals surface area contributed by atoms with Gasteiger partial charge in [0.05, 0.1) is 12.7 Å². The fraction of sp³-hybridized carbons (Fsp3) is 0.357. The average molecular weight is 289 g/mol. The lowest BCUT2D eigenvalue weighted by atomic mass is 10.2. The van der Waals surface area contributed by atoms with Crippen molar-refractivity contribution in [3.63, 3.8) is 0 Å². The summed E-state index contributed by atoms with van der Waals surface area (Å²) in [6.07, 6.45) is 2.39. The van der Waals surface area contributed by atoms with E-state index in [0.717, 1.165) is 12.0 Å². The number of amides is 1. The Morgan fingerprint density at radius 2 is 2.33 bits per heavy atom. The Morgan fingerprint density at radius 3 is 3.05 bits per heavy atom. The quantitative estimate of drug-likeness (QED) is 0.899. The second-order valence-electron chi connectivity index (χ2n) is 5.23. The molecule has 1 fully saturated rings. The van der Waals surface area contributed by atoms with Gasteiger partial charge in [-0.25, -0.2) is 9.07 Å². The van der Waals surface area contributed by atoms with E-state index < -0.39 is 0 Å². The summed E-state index contributed by atoms with van der Waals surface area (Å²) >= 11 is 0. The van der Waals surface area contributed by atoms with Crippen molar-refractivity contribution in [2.45, 2.75) is 19.0 Å². The molecule has 0 saturated carbocycles. The highest BCUT2D eigenvalue weighted by Crippen LogP contribution is 2.11. The van der Waals surface area contributed by atoms with E-state index >= 15 is 0 Å². The van der Waals surface area contributed by atoms with Crippen LogP contribution in [-0.2, 0) is 6.54 Å². The van der Waals surface area contributed by atoms with Crippen molar-refractivity contribution in [2.24, 2.45) is 5.73 Å². The standard InChI is InChI=1S/C14H16FN5O/c15-11-3-1-2-10(6-11)7-20-9-13(17-18-20)14(21)19-5-4-12(16)8-19/h1-3,6,9,12H,4-5,7-8,16H2. The van der Waals surface area contributed by atoms with Gasteiger partial charge in [-0.3, -0.25) is 4.79 Å². The fourth-order valence-electron chi connectivity index (χ4n) is 2.43. The molecule has 1 unspecified atom stereocenters. The van der Waals surface area contributed by atoms with Crippen LogP contribution >= 0.6 is 0 Å². The summed E-state index contributed by atoms with van der Waals surface area (Å²) in [6.45, 7) is 1.57. The number of benzene rings is 1. The summed E-state index contributed by atoms with van der Waals surface area (Å²) in [5.41, 5.74) is 6.85. The monoisotopic (exact) mass is 289 g/mol. The van der Waals surface area contributed by atoms with Crippen LogP contribution in [0, 0.1) is 5.82 Å². The first-order valence-electron chi connectivity index (χ1n) is 6.81. The van der Waals surface area contributed by atoms with Crippen molar-refractivity contribution in [3.05, 3.63) is 47.5 Å². The lowest BCUT2D eigenvalue weighted by molar-refractivity contribution is 0.0785. The first-order valence-corrected chi connectivity index (χ1v) is 6.81. The van der Waals surface area contributed by atoms with Gasteiger partial charge in [-0.05, 0) is 24.1 Å². The predicted molar refractivity (Wildman–Crippen MR) is 74.0 cm³/mol. The molecule has 1 aliphatic heterocycles. The maximum atomic E-state index is 13.1. The number of likely N-dealkylation sites (tertiary alicyclic amines) is 1. The summed E-state index contributed by atoms with van der Waals surface area (Å²) in [6, 6.07) is 6.29. The SMILES string of the molecule is NC1CCN(C(=O)c2cn(Cc3cccc(F)c3)nn2)C1. The van der Waals surface area contributed by atoms with Gasteiger partial charge in [0.25, 0.3) is 5.91 Å².